The highest BCUT2D eigenvalue weighted by Crippen LogP contribution is 2.40. The van der Waals surface area contributed by atoms with Crippen molar-refractivity contribution in [3.63, 3.8) is 0 Å². The van der Waals surface area contributed by atoms with E-state index in [-0.39, 0.29) is 30.6 Å². The van der Waals surface area contributed by atoms with Crippen LogP contribution in [-0.2, 0) is 34.9 Å². The van der Waals surface area contributed by atoms with E-state index in [1.54, 1.807) is 29.2 Å². The summed E-state index contributed by atoms with van der Waals surface area (Å²) in [6, 6.07) is 20.9. The second-order valence-electron chi connectivity index (χ2n) is 12.1. The van der Waals surface area contributed by atoms with Gasteiger partial charge in [0.05, 0.1) is 17.3 Å². The van der Waals surface area contributed by atoms with Crippen molar-refractivity contribution in [2.45, 2.75) is 45.4 Å². The minimum Gasteiger partial charge on any atom is -0.491 e. The molecule has 2 saturated heterocycles. The minimum atomic E-state index is -1.17. The molecule has 13 nitrogen and oxygen atoms in total. The van der Waals surface area contributed by atoms with Crippen LogP contribution < -0.4 is 25.9 Å². The quantitative estimate of drug-likeness (QED) is 0.196. The Balaban J connectivity index is 0.939. The van der Waals surface area contributed by atoms with Gasteiger partial charge in [0.25, 0.3) is 0 Å². The molecule has 0 amide bonds. The summed E-state index contributed by atoms with van der Waals surface area (Å²) >= 11 is 12.7. The Morgan fingerprint density at radius 2 is 1.44 bits per heavy atom. The lowest BCUT2D eigenvalue weighted by molar-refractivity contribution is -0.190. The molecule has 4 heterocycles. The average Bonchev–Trinajstić information content (AvgIpc) is 3.86. The topological polar surface area (TPSA) is 114 Å². The van der Waals surface area contributed by atoms with E-state index in [1.165, 1.54) is 20.3 Å². The van der Waals surface area contributed by atoms with Crippen molar-refractivity contribution in [3.8, 4) is 11.4 Å². The van der Waals surface area contributed by atoms with E-state index >= 15 is 0 Å². The number of anilines is 2. The Labute approximate surface area is 298 Å². The van der Waals surface area contributed by atoms with Gasteiger partial charge in [0.2, 0.25) is 5.79 Å². The molecule has 2 fully saturated rings. The largest absolute Gasteiger partial charge is 0.491 e. The number of hydrogen-bond acceptors (Lipinski definition) is 9. The van der Waals surface area contributed by atoms with Gasteiger partial charge >= 0.3 is 11.4 Å². The van der Waals surface area contributed by atoms with Crippen LogP contribution in [0.3, 0.4) is 0 Å². The van der Waals surface area contributed by atoms with Gasteiger partial charge in [-0.3, -0.25) is 0 Å². The van der Waals surface area contributed by atoms with Crippen molar-refractivity contribution in [2.75, 3.05) is 49.2 Å². The molecule has 0 saturated carbocycles. The predicted molar refractivity (Wildman–Crippen MR) is 191 cm³/mol. The number of ether oxygens (including phenoxy) is 3. The van der Waals surface area contributed by atoms with E-state index < -0.39 is 5.79 Å². The van der Waals surface area contributed by atoms with Gasteiger partial charge in [0.1, 0.15) is 37.7 Å². The monoisotopic (exact) mass is 720 g/mol. The van der Waals surface area contributed by atoms with Crippen LogP contribution in [0.15, 0.2) is 89.0 Å². The Hall–Kier alpha value is -4.56. The van der Waals surface area contributed by atoms with Gasteiger partial charge in [0.15, 0.2) is 0 Å². The maximum atomic E-state index is 12.9. The number of hydrogen-bond donors (Lipinski definition) is 0. The maximum absolute atomic E-state index is 12.9. The van der Waals surface area contributed by atoms with Gasteiger partial charge in [-0.15, -0.1) is 0 Å². The van der Waals surface area contributed by atoms with Crippen LogP contribution in [0.2, 0.25) is 10.0 Å². The molecule has 0 bridgehead atoms. The van der Waals surface area contributed by atoms with Gasteiger partial charge in [-0.05, 0) is 74.5 Å². The first-order chi connectivity index (χ1) is 24.3. The third-order valence-corrected chi connectivity index (χ3v) is 9.69. The summed E-state index contributed by atoms with van der Waals surface area (Å²) in [5, 5.41) is 5.19. The molecule has 15 heteroatoms. The number of rotatable bonds is 11. The highest BCUT2D eigenvalue weighted by atomic mass is 35.5. The number of aromatic nitrogens is 6. The molecule has 0 unspecified atom stereocenters. The van der Waals surface area contributed by atoms with Gasteiger partial charge in [-0.25, -0.2) is 33.2 Å². The van der Waals surface area contributed by atoms with Crippen LogP contribution >= 0.6 is 23.2 Å². The van der Waals surface area contributed by atoms with E-state index in [0.29, 0.717) is 41.0 Å². The molecule has 2 aliphatic heterocycles. The van der Waals surface area contributed by atoms with Crippen LogP contribution in [0.4, 0.5) is 11.4 Å². The summed E-state index contributed by atoms with van der Waals surface area (Å²) in [5.41, 5.74) is 2.76. The first kappa shape index (κ1) is 33.9. The molecule has 5 aromatic rings. The molecular weight excluding hydrogens is 683 g/mol. The molecule has 50 heavy (non-hydrogen) atoms. The molecule has 262 valence electrons. The zero-order valence-electron chi connectivity index (χ0n) is 27.8. The smallest absolute Gasteiger partial charge is 0.351 e. The zero-order valence-corrected chi connectivity index (χ0v) is 29.3. The highest BCUT2D eigenvalue weighted by Gasteiger charge is 2.45. The summed E-state index contributed by atoms with van der Waals surface area (Å²) in [7, 11) is 0. The Morgan fingerprint density at radius 3 is 2.00 bits per heavy atom. The summed E-state index contributed by atoms with van der Waals surface area (Å²) in [5.74, 6) is -0.440. The molecule has 2 aliphatic rings. The van der Waals surface area contributed by atoms with Crippen molar-refractivity contribution >= 4 is 34.6 Å². The summed E-state index contributed by atoms with van der Waals surface area (Å²) in [6.45, 7) is 8.80. The Morgan fingerprint density at radius 1 is 0.840 bits per heavy atom. The molecule has 0 radical (unpaired) electrons. The summed E-state index contributed by atoms with van der Waals surface area (Å²) in [6.07, 6.45) is 2.71. The van der Waals surface area contributed by atoms with Crippen molar-refractivity contribution < 1.29 is 14.2 Å². The minimum absolute atomic E-state index is 0.258. The van der Waals surface area contributed by atoms with Gasteiger partial charge in [-0.1, -0.05) is 29.3 Å². The fourth-order valence-corrected chi connectivity index (χ4v) is 7.16. The molecular formula is C35H38Cl2N8O5. The SMILES string of the molecule is CCn1c(=O)n(-c2ccc(N3CCN(c4ccc(OC[C@@H]5CO[C@@](Cn6cncn6)(c6ccc(Cl)cc6Cl)O5)cc4)CC3)cc2)c(=O)n1CC. The first-order valence-corrected chi connectivity index (χ1v) is 17.4. The number of halogens is 2. The van der Waals surface area contributed by atoms with E-state index in [0.717, 1.165) is 43.3 Å². The maximum Gasteiger partial charge on any atom is 0.351 e. The van der Waals surface area contributed by atoms with Crippen molar-refractivity contribution in [1.82, 2.24) is 28.7 Å². The van der Waals surface area contributed by atoms with E-state index in [2.05, 4.69) is 32.0 Å². The van der Waals surface area contributed by atoms with E-state index in [9.17, 15) is 9.59 Å². The fourth-order valence-electron chi connectivity index (χ4n) is 6.61. The van der Waals surface area contributed by atoms with E-state index in [4.69, 9.17) is 37.4 Å². The lowest BCUT2D eigenvalue weighted by Crippen LogP contribution is -2.46. The Bertz CT molecular complexity index is 2000. The molecule has 0 aliphatic carbocycles. The van der Waals surface area contributed by atoms with Crippen LogP contribution in [0.1, 0.15) is 19.4 Å². The summed E-state index contributed by atoms with van der Waals surface area (Å²) in [4.78, 5) is 34.4. The fraction of sp³-hybridized carbons (Fsp3) is 0.371. The number of piperazine rings is 1. The normalized spacial score (nSPS) is 19.3. The average molecular weight is 722 g/mol. The summed E-state index contributed by atoms with van der Waals surface area (Å²) < 4.78 is 24.7. The Kier molecular flexibility index (Phi) is 9.73. The number of nitrogens with zero attached hydrogens (tertiary/aromatic N) is 8. The van der Waals surface area contributed by atoms with Gasteiger partial charge < -0.3 is 24.0 Å². The number of benzene rings is 3. The molecule has 3 aromatic carbocycles. The lowest BCUT2D eigenvalue weighted by Gasteiger charge is -2.37. The van der Waals surface area contributed by atoms with Crippen LogP contribution in [0.5, 0.6) is 5.75 Å². The van der Waals surface area contributed by atoms with Crippen LogP contribution in [0, 0.1) is 0 Å². The molecule has 2 atom stereocenters. The van der Waals surface area contributed by atoms with Crippen LogP contribution in [-0.4, -0.2) is 74.2 Å². The lowest BCUT2D eigenvalue weighted by atomic mass is 10.1. The third-order valence-electron chi connectivity index (χ3n) is 9.14. The van der Waals surface area contributed by atoms with E-state index in [1.807, 2.05) is 50.2 Å². The van der Waals surface area contributed by atoms with Gasteiger partial charge in [-0.2, -0.15) is 5.10 Å². The molecule has 0 spiro atoms. The second kappa shape index (κ2) is 14.4. The third kappa shape index (κ3) is 6.65. The van der Waals surface area contributed by atoms with Crippen molar-refractivity contribution in [2.24, 2.45) is 0 Å². The zero-order chi connectivity index (χ0) is 34.8. The highest BCUT2D eigenvalue weighted by molar-refractivity contribution is 6.35. The molecule has 7 rings (SSSR count). The van der Waals surface area contributed by atoms with Crippen molar-refractivity contribution in [1.29, 1.82) is 0 Å². The molecule has 0 N–H and O–H groups in total. The van der Waals surface area contributed by atoms with Gasteiger partial charge in [0, 0.05) is 61.2 Å². The molecule has 2 aromatic heterocycles. The van der Waals surface area contributed by atoms with Crippen molar-refractivity contribution in [3.05, 3.63) is 116 Å². The first-order valence-electron chi connectivity index (χ1n) is 16.6. The van der Waals surface area contributed by atoms with Crippen LogP contribution in [0.25, 0.3) is 5.69 Å². The predicted octanol–water partition coefficient (Wildman–Crippen LogP) is 4.41. The standard InChI is InChI=1S/C35H38Cl2N8O5/c1-3-43-33(46)45(34(47)44(43)4-2)28-8-6-26(7-9-28)40-15-17-41(18-16-40)27-10-12-29(13-11-27)48-20-30-21-49-35(50-30,22-42-24-38-23-39-42)31-14-5-25(36)19-32(31)37/h5-14,19,23-24,30H,3-4,15-18,20-22H2,1-2H3/t30-,35-/m1/s1. The second-order valence-corrected chi connectivity index (χ2v) is 13.0.